The molecular weight excluding hydrogens is 334 g/mol. The van der Waals surface area contributed by atoms with Crippen LogP contribution < -0.4 is 14.4 Å². The fourth-order valence-corrected chi connectivity index (χ4v) is 3.23. The van der Waals surface area contributed by atoms with Crippen LogP contribution >= 0.6 is 11.8 Å². The first-order valence-electron chi connectivity index (χ1n) is 7.31. The molecule has 0 N–H and O–H groups in total. The van der Waals surface area contributed by atoms with Crippen LogP contribution in [0.25, 0.3) is 5.65 Å². The number of thioether (sulfide) groups is 1. The van der Waals surface area contributed by atoms with E-state index in [1.807, 2.05) is 0 Å². The molecule has 0 radical (unpaired) electrons. The molecule has 2 aromatic rings. The van der Waals surface area contributed by atoms with Crippen molar-refractivity contribution in [3.63, 3.8) is 0 Å². The summed E-state index contributed by atoms with van der Waals surface area (Å²) in [5.74, 6) is 1.36. The number of carbonyl (C=O) groups is 2. The predicted octanol–water partition coefficient (Wildman–Crippen LogP) is 0.774. The highest BCUT2D eigenvalue weighted by atomic mass is 32.2. The van der Waals surface area contributed by atoms with Gasteiger partial charge in [0.2, 0.25) is 11.6 Å². The number of aromatic nitrogens is 4. The molecule has 1 amide bonds. The molecule has 10 heteroatoms. The number of rotatable bonds is 5. The fourth-order valence-electron chi connectivity index (χ4n) is 2.54. The lowest BCUT2D eigenvalue weighted by atomic mass is 10.1. The monoisotopic (exact) mass is 351 g/mol. The lowest BCUT2D eigenvalue weighted by molar-refractivity contribution is -0.117. The number of anilines is 1. The third-order valence-corrected chi connectivity index (χ3v) is 4.71. The Bertz CT molecular complexity index is 752. The van der Waals surface area contributed by atoms with Crippen molar-refractivity contribution in [3.05, 3.63) is 6.20 Å². The molecule has 1 fully saturated rings. The van der Waals surface area contributed by atoms with E-state index >= 15 is 0 Å². The van der Waals surface area contributed by atoms with Gasteiger partial charge in [-0.2, -0.15) is 14.5 Å². The number of ether oxygens (including phenoxy) is 2. The van der Waals surface area contributed by atoms with Crippen molar-refractivity contribution in [2.75, 3.05) is 31.4 Å². The molecular formula is C14H17N5O4S. The molecule has 1 aliphatic rings. The maximum absolute atomic E-state index is 12.3. The molecule has 0 spiro atoms. The van der Waals surface area contributed by atoms with Crippen molar-refractivity contribution in [1.82, 2.24) is 19.6 Å². The van der Waals surface area contributed by atoms with Gasteiger partial charge in [0.05, 0.1) is 20.4 Å². The number of hydrogen-bond donors (Lipinski definition) is 0. The van der Waals surface area contributed by atoms with E-state index in [-0.39, 0.29) is 28.9 Å². The molecule has 1 atom stereocenters. The van der Waals surface area contributed by atoms with Crippen molar-refractivity contribution in [3.8, 4) is 11.8 Å². The van der Waals surface area contributed by atoms with E-state index in [1.165, 1.54) is 48.5 Å². The molecule has 24 heavy (non-hydrogen) atoms. The topological polar surface area (TPSA) is 98.9 Å². The molecule has 0 bridgehead atoms. The van der Waals surface area contributed by atoms with Crippen LogP contribution in [-0.4, -0.2) is 57.1 Å². The van der Waals surface area contributed by atoms with E-state index in [4.69, 9.17) is 9.47 Å². The standard InChI is InChI=1S/C14H17N5O4S/c1-8(20)24-7-9-4-11(21)18(6-9)13-16-12-10(22-2)5-15-14(23-3)19(12)17-13/h5,9H,4,6-7H2,1-3H3. The second kappa shape index (κ2) is 6.63. The average Bonchev–Trinajstić information content (AvgIpc) is 3.15. The second-order valence-corrected chi connectivity index (χ2v) is 6.53. The Kier molecular flexibility index (Phi) is 4.56. The van der Waals surface area contributed by atoms with E-state index in [0.29, 0.717) is 30.1 Å². The van der Waals surface area contributed by atoms with Gasteiger partial charge in [-0.25, -0.2) is 0 Å². The van der Waals surface area contributed by atoms with Crippen LogP contribution in [0.3, 0.4) is 0 Å². The Morgan fingerprint density at radius 2 is 2.21 bits per heavy atom. The number of carbonyl (C=O) groups excluding carboxylic acids is 2. The number of methoxy groups -OCH3 is 2. The summed E-state index contributed by atoms with van der Waals surface area (Å²) < 4.78 is 11.8. The normalized spacial score (nSPS) is 17.5. The third-order valence-electron chi connectivity index (χ3n) is 3.66. The van der Waals surface area contributed by atoms with E-state index in [9.17, 15) is 9.59 Å². The Labute approximate surface area is 142 Å². The van der Waals surface area contributed by atoms with Gasteiger partial charge in [0.1, 0.15) is 0 Å². The van der Waals surface area contributed by atoms with Gasteiger partial charge in [-0.1, -0.05) is 11.8 Å². The van der Waals surface area contributed by atoms with Crippen LogP contribution in [0.2, 0.25) is 0 Å². The summed E-state index contributed by atoms with van der Waals surface area (Å²) in [5, 5.41) is 4.37. The van der Waals surface area contributed by atoms with Gasteiger partial charge < -0.3 is 9.47 Å². The largest absolute Gasteiger partial charge is 0.491 e. The van der Waals surface area contributed by atoms with Crippen LogP contribution in [0.15, 0.2) is 6.20 Å². The molecule has 0 aromatic carbocycles. The first-order chi connectivity index (χ1) is 11.5. The zero-order chi connectivity index (χ0) is 17.3. The number of fused-ring (bicyclic) bond motifs is 1. The lowest BCUT2D eigenvalue weighted by Crippen LogP contribution is -2.26. The van der Waals surface area contributed by atoms with Crippen LogP contribution in [-0.2, 0) is 9.59 Å². The van der Waals surface area contributed by atoms with E-state index in [0.717, 1.165) is 0 Å². The summed E-state index contributed by atoms with van der Waals surface area (Å²) >= 11 is 1.23. The summed E-state index contributed by atoms with van der Waals surface area (Å²) in [6, 6.07) is 0.250. The molecule has 1 saturated heterocycles. The molecule has 1 aliphatic heterocycles. The minimum Gasteiger partial charge on any atom is -0.491 e. The maximum atomic E-state index is 12.3. The summed E-state index contributed by atoms with van der Waals surface area (Å²) in [4.78, 5) is 33.4. The summed E-state index contributed by atoms with van der Waals surface area (Å²) in [7, 11) is 2.99. The maximum Gasteiger partial charge on any atom is 0.319 e. The Morgan fingerprint density at radius 3 is 2.88 bits per heavy atom. The van der Waals surface area contributed by atoms with Gasteiger partial charge in [0.15, 0.2) is 10.9 Å². The van der Waals surface area contributed by atoms with Crippen molar-refractivity contribution in [2.24, 2.45) is 5.92 Å². The molecule has 2 aromatic heterocycles. The SMILES string of the molecule is COc1cnc(OC)n2nc(N3CC(CSC(C)=O)CC3=O)nc12. The molecule has 0 aliphatic carbocycles. The van der Waals surface area contributed by atoms with Crippen molar-refractivity contribution in [2.45, 2.75) is 13.3 Å². The Hall–Kier alpha value is -2.36. The van der Waals surface area contributed by atoms with Gasteiger partial charge in [0, 0.05) is 25.6 Å². The zero-order valence-corrected chi connectivity index (χ0v) is 14.4. The number of nitrogens with zero attached hydrogens (tertiary/aromatic N) is 5. The van der Waals surface area contributed by atoms with Crippen molar-refractivity contribution in [1.29, 1.82) is 0 Å². The highest BCUT2D eigenvalue weighted by Gasteiger charge is 2.33. The van der Waals surface area contributed by atoms with Gasteiger partial charge in [0.25, 0.3) is 5.95 Å². The molecule has 0 saturated carbocycles. The minimum atomic E-state index is -0.0639. The number of amides is 1. The zero-order valence-electron chi connectivity index (χ0n) is 13.6. The van der Waals surface area contributed by atoms with Gasteiger partial charge in [-0.15, -0.1) is 5.10 Å². The minimum absolute atomic E-state index is 0.0484. The van der Waals surface area contributed by atoms with Crippen LogP contribution in [0, 0.1) is 5.92 Å². The fraction of sp³-hybridized carbons (Fsp3) is 0.500. The van der Waals surface area contributed by atoms with Crippen molar-refractivity contribution < 1.29 is 19.1 Å². The van der Waals surface area contributed by atoms with E-state index < -0.39 is 0 Å². The van der Waals surface area contributed by atoms with Crippen molar-refractivity contribution >= 4 is 34.4 Å². The Balaban J connectivity index is 1.89. The van der Waals surface area contributed by atoms with Gasteiger partial charge >= 0.3 is 6.01 Å². The lowest BCUT2D eigenvalue weighted by Gasteiger charge is -2.11. The second-order valence-electron chi connectivity index (χ2n) is 5.34. The smallest absolute Gasteiger partial charge is 0.319 e. The average molecular weight is 351 g/mol. The quantitative estimate of drug-likeness (QED) is 0.779. The highest BCUT2D eigenvalue weighted by Crippen LogP contribution is 2.28. The first-order valence-corrected chi connectivity index (χ1v) is 8.29. The summed E-state index contributed by atoms with van der Waals surface area (Å²) in [5.41, 5.74) is 0.425. The van der Waals surface area contributed by atoms with Gasteiger partial charge in [-0.3, -0.25) is 14.5 Å². The molecule has 9 nitrogen and oxygen atoms in total. The van der Waals surface area contributed by atoms with Crippen LogP contribution in [0.1, 0.15) is 13.3 Å². The predicted molar refractivity (Wildman–Crippen MR) is 87.5 cm³/mol. The van der Waals surface area contributed by atoms with Crippen LogP contribution in [0.4, 0.5) is 5.95 Å². The molecule has 3 heterocycles. The van der Waals surface area contributed by atoms with Crippen LogP contribution in [0.5, 0.6) is 11.8 Å². The summed E-state index contributed by atoms with van der Waals surface area (Å²) in [6.07, 6.45) is 1.87. The molecule has 3 rings (SSSR count). The Morgan fingerprint density at radius 1 is 1.42 bits per heavy atom. The molecule has 1 unspecified atom stereocenters. The van der Waals surface area contributed by atoms with E-state index in [2.05, 4.69) is 15.1 Å². The summed E-state index contributed by atoms with van der Waals surface area (Å²) in [6.45, 7) is 2.00. The number of hydrogen-bond acceptors (Lipinski definition) is 8. The first kappa shape index (κ1) is 16.5. The third kappa shape index (κ3) is 3.01. The van der Waals surface area contributed by atoms with Gasteiger partial charge in [-0.05, 0) is 5.92 Å². The van der Waals surface area contributed by atoms with E-state index in [1.54, 1.807) is 0 Å². The molecule has 128 valence electrons. The highest BCUT2D eigenvalue weighted by molar-refractivity contribution is 8.13.